The van der Waals surface area contributed by atoms with Crippen molar-refractivity contribution in [2.75, 3.05) is 7.11 Å². The van der Waals surface area contributed by atoms with Crippen LogP contribution in [0.25, 0.3) is 0 Å². The average molecular weight is 208 g/mol. The number of methoxy groups -OCH3 is 1. The highest BCUT2D eigenvalue weighted by Gasteiger charge is 2.27. The Balaban J connectivity index is 0.00000144. The summed E-state index contributed by atoms with van der Waals surface area (Å²) in [6.07, 6.45) is 5.30. The second-order valence-corrected chi connectivity index (χ2v) is 3.43. The number of hydrogen-bond donors (Lipinski definition) is 1. The molecule has 1 fully saturated rings. The fraction of sp³-hybridized carbons (Fsp3) is 0.889. The van der Waals surface area contributed by atoms with Gasteiger partial charge in [0.15, 0.2) is 0 Å². The number of nitrogens with two attached hydrogens (primary N) is 1. The topological polar surface area (TPSA) is 52.3 Å². The normalized spacial score (nSPS) is 28.5. The lowest BCUT2D eigenvalue weighted by molar-refractivity contribution is -0.146. The summed E-state index contributed by atoms with van der Waals surface area (Å²) in [4.78, 5) is 11.2. The first-order valence-corrected chi connectivity index (χ1v) is 4.59. The molecule has 0 aromatic carbocycles. The van der Waals surface area contributed by atoms with E-state index in [0.717, 1.165) is 25.7 Å². The van der Waals surface area contributed by atoms with E-state index >= 15 is 0 Å². The maximum Gasteiger partial charge on any atom is 0.310 e. The van der Waals surface area contributed by atoms with Gasteiger partial charge in [0, 0.05) is 6.04 Å². The van der Waals surface area contributed by atoms with Crippen molar-refractivity contribution in [1.29, 1.82) is 0 Å². The Morgan fingerprint density at radius 2 is 1.92 bits per heavy atom. The molecule has 2 atom stereocenters. The van der Waals surface area contributed by atoms with Crippen LogP contribution in [-0.4, -0.2) is 19.1 Å². The van der Waals surface area contributed by atoms with Gasteiger partial charge in [-0.05, 0) is 12.8 Å². The van der Waals surface area contributed by atoms with Crippen molar-refractivity contribution in [3.8, 4) is 0 Å². The molecule has 2 N–H and O–H groups in total. The van der Waals surface area contributed by atoms with Gasteiger partial charge in [-0.15, -0.1) is 12.4 Å². The molecule has 0 unspecified atom stereocenters. The summed E-state index contributed by atoms with van der Waals surface area (Å²) < 4.78 is 4.70. The maximum absolute atomic E-state index is 11.2. The zero-order chi connectivity index (χ0) is 8.97. The highest BCUT2D eigenvalue weighted by Crippen LogP contribution is 2.22. The number of esters is 1. The van der Waals surface area contributed by atoms with Crippen molar-refractivity contribution >= 4 is 18.4 Å². The number of carbonyl (C=O) groups is 1. The summed E-state index contributed by atoms with van der Waals surface area (Å²) in [5.74, 6) is -0.193. The molecule has 1 aliphatic rings. The lowest BCUT2D eigenvalue weighted by atomic mass is 9.96. The van der Waals surface area contributed by atoms with Gasteiger partial charge in [0.25, 0.3) is 0 Å². The minimum atomic E-state index is -0.135. The van der Waals surface area contributed by atoms with Gasteiger partial charge in [-0.25, -0.2) is 0 Å². The van der Waals surface area contributed by atoms with E-state index in [9.17, 15) is 4.79 Å². The van der Waals surface area contributed by atoms with Gasteiger partial charge in [0.1, 0.15) is 0 Å². The lowest BCUT2D eigenvalue weighted by Gasteiger charge is -2.17. The molecule has 0 saturated heterocycles. The summed E-state index contributed by atoms with van der Waals surface area (Å²) in [6, 6.07) is 0.0138. The van der Waals surface area contributed by atoms with E-state index in [2.05, 4.69) is 0 Å². The Labute approximate surface area is 85.4 Å². The summed E-state index contributed by atoms with van der Waals surface area (Å²) in [6.45, 7) is 0. The third kappa shape index (κ3) is 3.53. The summed E-state index contributed by atoms with van der Waals surface area (Å²) in [5.41, 5.74) is 5.85. The van der Waals surface area contributed by atoms with E-state index in [1.54, 1.807) is 0 Å². The lowest BCUT2D eigenvalue weighted by Crippen LogP contribution is -2.35. The second-order valence-electron chi connectivity index (χ2n) is 3.43. The Hall–Kier alpha value is -0.280. The molecule has 0 radical (unpaired) electrons. The molecule has 0 aliphatic heterocycles. The second kappa shape index (κ2) is 6.22. The van der Waals surface area contributed by atoms with Crippen LogP contribution in [0.5, 0.6) is 0 Å². The van der Waals surface area contributed by atoms with E-state index in [0.29, 0.717) is 0 Å². The van der Waals surface area contributed by atoms with Crippen LogP contribution in [-0.2, 0) is 9.53 Å². The van der Waals surface area contributed by atoms with E-state index in [1.165, 1.54) is 13.5 Å². The molecular formula is C9H18ClNO2. The molecule has 4 heteroatoms. The Morgan fingerprint density at radius 3 is 2.54 bits per heavy atom. The van der Waals surface area contributed by atoms with Crippen molar-refractivity contribution in [3.05, 3.63) is 0 Å². The minimum Gasteiger partial charge on any atom is -0.469 e. The van der Waals surface area contributed by atoms with Gasteiger partial charge < -0.3 is 10.5 Å². The van der Waals surface area contributed by atoms with Crippen LogP contribution in [0.1, 0.15) is 32.1 Å². The Kier molecular flexibility index (Phi) is 6.08. The predicted molar refractivity (Wildman–Crippen MR) is 53.8 cm³/mol. The molecule has 0 amide bonds. The molecule has 1 rings (SSSR count). The molecule has 1 aliphatic carbocycles. The zero-order valence-electron chi connectivity index (χ0n) is 7.99. The minimum absolute atomic E-state index is 0. The van der Waals surface area contributed by atoms with Crippen LogP contribution in [0.3, 0.4) is 0 Å². The molecule has 0 heterocycles. The Morgan fingerprint density at radius 1 is 1.31 bits per heavy atom. The largest absolute Gasteiger partial charge is 0.469 e. The first-order chi connectivity index (χ1) is 5.75. The number of hydrogen-bond acceptors (Lipinski definition) is 3. The van der Waals surface area contributed by atoms with E-state index < -0.39 is 0 Å². The van der Waals surface area contributed by atoms with Crippen LogP contribution < -0.4 is 5.73 Å². The predicted octanol–water partition coefficient (Wildman–Crippen LogP) is 1.49. The SMILES string of the molecule is COC(=O)[C@@H]1CCCCC[C@@H]1N.Cl. The number of ether oxygens (including phenoxy) is 1. The maximum atomic E-state index is 11.2. The molecule has 1 saturated carbocycles. The number of rotatable bonds is 1. The van der Waals surface area contributed by atoms with E-state index in [-0.39, 0.29) is 30.3 Å². The summed E-state index contributed by atoms with van der Waals surface area (Å²) in [7, 11) is 1.43. The van der Waals surface area contributed by atoms with Crippen LogP contribution in [0.2, 0.25) is 0 Å². The monoisotopic (exact) mass is 207 g/mol. The van der Waals surface area contributed by atoms with Crippen molar-refractivity contribution in [2.45, 2.75) is 38.1 Å². The van der Waals surface area contributed by atoms with Gasteiger partial charge in [0.05, 0.1) is 13.0 Å². The zero-order valence-corrected chi connectivity index (χ0v) is 8.81. The quantitative estimate of drug-likeness (QED) is 0.524. The molecule has 0 aromatic rings. The van der Waals surface area contributed by atoms with Gasteiger partial charge in [-0.2, -0.15) is 0 Å². The molecule has 0 bridgehead atoms. The standard InChI is InChI=1S/C9H17NO2.ClH/c1-12-9(11)7-5-3-2-4-6-8(7)10;/h7-8H,2-6,10H2,1H3;1H/t7-,8+;/m1./s1. The average Bonchev–Trinajstić information content (AvgIpc) is 2.28. The molecule has 3 nitrogen and oxygen atoms in total. The fourth-order valence-corrected chi connectivity index (χ4v) is 1.78. The number of halogens is 1. The van der Waals surface area contributed by atoms with Crippen LogP contribution in [0, 0.1) is 5.92 Å². The smallest absolute Gasteiger partial charge is 0.310 e. The van der Waals surface area contributed by atoms with Crippen LogP contribution >= 0.6 is 12.4 Å². The summed E-state index contributed by atoms with van der Waals surface area (Å²) in [5, 5.41) is 0. The molecule has 78 valence electrons. The van der Waals surface area contributed by atoms with Gasteiger partial charge in [0.2, 0.25) is 0 Å². The van der Waals surface area contributed by atoms with Gasteiger partial charge in [-0.3, -0.25) is 4.79 Å². The van der Waals surface area contributed by atoms with E-state index in [1.807, 2.05) is 0 Å². The van der Waals surface area contributed by atoms with Crippen molar-refractivity contribution in [2.24, 2.45) is 11.7 Å². The fourth-order valence-electron chi connectivity index (χ4n) is 1.78. The molecule has 13 heavy (non-hydrogen) atoms. The van der Waals surface area contributed by atoms with Gasteiger partial charge >= 0.3 is 5.97 Å². The molecule has 0 aromatic heterocycles. The molecular weight excluding hydrogens is 190 g/mol. The third-order valence-corrected chi connectivity index (χ3v) is 2.57. The van der Waals surface area contributed by atoms with Crippen molar-refractivity contribution in [3.63, 3.8) is 0 Å². The van der Waals surface area contributed by atoms with Crippen LogP contribution in [0.4, 0.5) is 0 Å². The molecule has 0 spiro atoms. The Bertz CT molecular complexity index is 164. The van der Waals surface area contributed by atoms with Gasteiger partial charge in [-0.1, -0.05) is 19.3 Å². The van der Waals surface area contributed by atoms with Crippen molar-refractivity contribution < 1.29 is 9.53 Å². The van der Waals surface area contributed by atoms with Crippen molar-refractivity contribution in [1.82, 2.24) is 0 Å². The highest BCUT2D eigenvalue weighted by molar-refractivity contribution is 5.85. The van der Waals surface area contributed by atoms with Crippen LogP contribution in [0.15, 0.2) is 0 Å². The third-order valence-electron chi connectivity index (χ3n) is 2.57. The highest BCUT2D eigenvalue weighted by atomic mass is 35.5. The first kappa shape index (κ1) is 12.7. The first-order valence-electron chi connectivity index (χ1n) is 4.59. The summed E-state index contributed by atoms with van der Waals surface area (Å²) >= 11 is 0. The number of carbonyl (C=O) groups excluding carboxylic acids is 1. The van der Waals surface area contributed by atoms with E-state index in [4.69, 9.17) is 10.5 Å².